The quantitative estimate of drug-likeness (QED) is 0.586. The molecule has 0 fully saturated rings. The first kappa shape index (κ1) is 15.9. The molecule has 0 radical (unpaired) electrons. The van der Waals surface area contributed by atoms with Gasteiger partial charge >= 0.3 is 0 Å². The number of rotatable bonds is 3. The van der Waals surface area contributed by atoms with E-state index in [4.69, 9.17) is 4.98 Å². The van der Waals surface area contributed by atoms with Crippen LogP contribution in [0.5, 0.6) is 0 Å². The third-order valence-electron chi connectivity index (χ3n) is 4.98. The molecule has 0 amide bonds. The van der Waals surface area contributed by atoms with E-state index in [1.54, 1.807) is 17.5 Å². The van der Waals surface area contributed by atoms with Crippen LogP contribution in [0.2, 0.25) is 0 Å². The fourth-order valence-corrected chi connectivity index (χ4v) is 3.53. The van der Waals surface area contributed by atoms with Crippen molar-refractivity contribution in [2.75, 3.05) is 5.32 Å². The van der Waals surface area contributed by atoms with E-state index in [1.165, 1.54) is 6.07 Å². The largest absolute Gasteiger partial charge is 0.340 e. The molecule has 2 aromatic carbocycles. The van der Waals surface area contributed by atoms with E-state index in [0.29, 0.717) is 22.9 Å². The van der Waals surface area contributed by atoms with Crippen LogP contribution in [0.1, 0.15) is 23.2 Å². The van der Waals surface area contributed by atoms with Gasteiger partial charge in [-0.1, -0.05) is 36.4 Å². The van der Waals surface area contributed by atoms with Crippen LogP contribution >= 0.6 is 0 Å². The number of nitrogens with one attached hydrogen (secondary N) is 1. The molecule has 134 valence electrons. The Labute approximate surface area is 155 Å². The van der Waals surface area contributed by atoms with Crippen molar-refractivity contribution >= 4 is 17.3 Å². The van der Waals surface area contributed by atoms with E-state index < -0.39 is 0 Å². The Kier molecular flexibility index (Phi) is 3.63. The van der Waals surface area contributed by atoms with E-state index in [-0.39, 0.29) is 5.82 Å². The van der Waals surface area contributed by atoms with Crippen molar-refractivity contribution < 1.29 is 4.39 Å². The molecule has 0 unspecified atom stereocenters. The van der Waals surface area contributed by atoms with Crippen LogP contribution in [0.15, 0.2) is 48.5 Å². The number of benzene rings is 2. The first-order valence-corrected chi connectivity index (χ1v) is 9.06. The predicted molar refractivity (Wildman–Crippen MR) is 103 cm³/mol. The molecule has 0 aliphatic heterocycles. The lowest BCUT2D eigenvalue weighted by atomic mass is 10.2. The van der Waals surface area contributed by atoms with Crippen LogP contribution < -0.4 is 5.32 Å². The third-order valence-corrected chi connectivity index (χ3v) is 4.98. The van der Waals surface area contributed by atoms with E-state index in [1.807, 2.05) is 36.4 Å². The molecule has 27 heavy (non-hydrogen) atoms. The third kappa shape index (κ3) is 2.73. The molecular weight excluding hydrogens is 341 g/mol. The number of hydrogen-bond donors (Lipinski definition) is 1. The van der Waals surface area contributed by atoms with Crippen LogP contribution in [0.4, 0.5) is 15.9 Å². The monoisotopic (exact) mass is 359 g/mol. The van der Waals surface area contributed by atoms with Gasteiger partial charge in [-0.2, -0.15) is 9.50 Å². The maximum atomic E-state index is 14.0. The molecule has 4 aromatic rings. The van der Waals surface area contributed by atoms with Gasteiger partial charge in [0.05, 0.1) is 5.69 Å². The number of hydrogen-bond acceptors (Lipinski definition) is 4. The highest BCUT2D eigenvalue weighted by Gasteiger charge is 2.22. The van der Waals surface area contributed by atoms with E-state index >= 15 is 0 Å². The zero-order valence-corrected chi connectivity index (χ0v) is 14.9. The summed E-state index contributed by atoms with van der Waals surface area (Å²) in [7, 11) is 0. The molecular formula is C21H18FN5. The molecule has 5 nitrogen and oxygen atoms in total. The summed E-state index contributed by atoms with van der Waals surface area (Å²) in [6, 6.07) is 15.0. The standard InChI is InChI=1S/C21H18FN5/c1-13-10-11-15(12-17(13)22)23-20-16-8-5-9-18(16)24-21-25-19(26-27(20)21)14-6-3-2-4-7-14/h2-4,6-7,10-12,23H,5,8-9H2,1H3. The Morgan fingerprint density at radius 3 is 2.70 bits per heavy atom. The number of fused-ring (bicyclic) bond motifs is 2. The lowest BCUT2D eigenvalue weighted by molar-refractivity contribution is 0.619. The molecule has 0 spiro atoms. The fourth-order valence-electron chi connectivity index (χ4n) is 3.53. The van der Waals surface area contributed by atoms with Crippen molar-refractivity contribution in [1.82, 2.24) is 19.6 Å². The van der Waals surface area contributed by atoms with Crippen molar-refractivity contribution in [2.45, 2.75) is 26.2 Å². The van der Waals surface area contributed by atoms with Gasteiger partial charge in [0.15, 0.2) is 5.82 Å². The van der Waals surface area contributed by atoms with Gasteiger partial charge in [0.2, 0.25) is 0 Å². The molecule has 2 aromatic heterocycles. The van der Waals surface area contributed by atoms with Crippen LogP contribution in [-0.2, 0) is 12.8 Å². The van der Waals surface area contributed by atoms with Gasteiger partial charge in [-0.15, -0.1) is 5.10 Å². The predicted octanol–water partition coefficient (Wildman–Crippen LogP) is 4.47. The lowest BCUT2D eigenvalue weighted by Gasteiger charge is -2.13. The van der Waals surface area contributed by atoms with Crippen molar-refractivity contribution in [3.8, 4) is 11.4 Å². The second-order valence-electron chi connectivity index (χ2n) is 6.84. The maximum Gasteiger partial charge on any atom is 0.254 e. The Balaban J connectivity index is 1.67. The van der Waals surface area contributed by atoms with Crippen molar-refractivity contribution in [3.63, 3.8) is 0 Å². The van der Waals surface area contributed by atoms with E-state index in [9.17, 15) is 4.39 Å². The van der Waals surface area contributed by atoms with Gasteiger partial charge in [-0.05, 0) is 43.9 Å². The van der Waals surface area contributed by atoms with Gasteiger partial charge in [0.25, 0.3) is 5.78 Å². The highest BCUT2D eigenvalue weighted by molar-refractivity contribution is 5.66. The van der Waals surface area contributed by atoms with Crippen LogP contribution in [0.25, 0.3) is 17.2 Å². The van der Waals surface area contributed by atoms with Crippen molar-refractivity contribution in [2.24, 2.45) is 0 Å². The first-order chi connectivity index (χ1) is 13.2. The van der Waals surface area contributed by atoms with Gasteiger partial charge in [0.1, 0.15) is 11.6 Å². The summed E-state index contributed by atoms with van der Waals surface area (Å²) in [6.07, 6.45) is 2.91. The molecule has 2 heterocycles. The molecule has 0 bridgehead atoms. The minimum Gasteiger partial charge on any atom is -0.340 e. The smallest absolute Gasteiger partial charge is 0.254 e. The average Bonchev–Trinajstić information content (AvgIpc) is 3.32. The molecule has 0 atom stereocenters. The Morgan fingerprint density at radius 1 is 1.04 bits per heavy atom. The van der Waals surface area contributed by atoms with Crippen LogP contribution in [-0.4, -0.2) is 19.6 Å². The van der Waals surface area contributed by atoms with Crippen molar-refractivity contribution in [1.29, 1.82) is 0 Å². The molecule has 1 aliphatic rings. The molecule has 1 N–H and O–H groups in total. The molecule has 6 heteroatoms. The molecule has 1 aliphatic carbocycles. The van der Waals surface area contributed by atoms with Crippen LogP contribution in [0.3, 0.4) is 0 Å². The highest BCUT2D eigenvalue weighted by Crippen LogP contribution is 2.31. The summed E-state index contributed by atoms with van der Waals surface area (Å²) in [5.41, 5.74) is 4.43. The van der Waals surface area contributed by atoms with Crippen molar-refractivity contribution in [3.05, 3.63) is 71.2 Å². The summed E-state index contributed by atoms with van der Waals surface area (Å²) >= 11 is 0. The summed E-state index contributed by atoms with van der Waals surface area (Å²) < 4.78 is 15.7. The summed E-state index contributed by atoms with van der Waals surface area (Å²) in [5.74, 6) is 1.78. The van der Waals surface area contributed by atoms with E-state index in [0.717, 1.165) is 41.9 Å². The van der Waals surface area contributed by atoms with E-state index in [2.05, 4.69) is 15.4 Å². The number of halogens is 1. The lowest BCUT2D eigenvalue weighted by Crippen LogP contribution is -2.07. The number of aromatic nitrogens is 4. The molecule has 0 saturated carbocycles. The zero-order valence-electron chi connectivity index (χ0n) is 14.9. The van der Waals surface area contributed by atoms with Gasteiger partial charge in [-0.25, -0.2) is 9.37 Å². The summed E-state index contributed by atoms with van der Waals surface area (Å²) in [5, 5.41) is 8.04. The fraction of sp³-hybridized carbons (Fsp3) is 0.190. The molecule has 0 saturated heterocycles. The second-order valence-corrected chi connectivity index (χ2v) is 6.84. The maximum absolute atomic E-state index is 14.0. The number of aryl methyl sites for hydroxylation is 2. The summed E-state index contributed by atoms with van der Waals surface area (Å²) in [6.45, 7) is 1.75. The second kappa shape index (κ2) is 6.16. The van der Waals surface area contributed by atoms with Gasteiger partial charge in [0, 0.05) is 16.8 Å². The van der Waals surface area contributed by atoms with Gasteiger partial charge < -0.3 is 5.32 Å². The number of nitrogens with zero attached hydrogens (tertiary/aromatic N) is 4. The Bertz CT molecular complexity index is 1150. The first-order valence-electron chi connectivity index (χ1n) is 9.06. The Morgan fingerprint density at radius 2 is 1.89 bits per heavy atom. The zero-order chi connectivity index (χ0) is 18.4. The SMILES string of the molecule is Cc1ccc(Nc2c3c(nc4nc(-c5ccccc5)nn24)CCC3)cc1F. The number of anilines is 2. The topological polar surface area (TPSA) is 55.1 Å². The summed E-state index contributed by atoms with van der Waals surface area (Å²) in [4.78, 5) is 9.33. The minimum absolute atomic E-state index is 0.231. The molecule has 5 rings (SSSR count). The van der Waals surface area contributed by atoms with Crippen LogP contribution in [0, 0.1) is 12.7 Å². The highest BCUT2D eigenvalue weighted by atomic mass is 19.1. The van der Waals surface area contributed by atoms with Gasteiger partial charge in [-0.3, -0.25) is 0 Å². The Hall–Kier alpha value is -3.28. The normalized spacial score (nSPS) is 13.1. The average molecular weight is 359 g/mol. The minimum atomic E-state index is -0.231.